The van der Waals surface area contributed by atoms with Gasteiger partial charge in [0, 0.05) is 35.3 Å². The molecule has 1 N–H and O–H groups in total. The second-order valence-corrected chi connectivity index (χ2v) is 23.5. The van der Waals surface area contributed by atoms with E-state index in [-0.39, 0.29) is 39.8 Å². The molecule has 0 aliphatic carbocycles. The molecule has 4 heteroatoms. The van der Waals surface area contributed by atoms with Crippen molar-refractivity contribution in [2.75, 3.05) is 0 Å². The van der Waals surface area contributed by atoms with Gasteiger partial charge in [-0.15, -0.1) is 0 Å². The summed E-state index contributed by atoms with van der Waals surface area (Å²) < 4.78 is 90.2. The van der Waals surface area contributed by atoms with E-state index in [1.807, 2.05) is 73.9 Å². The van der Waals surface area contributed by atoms with Crippen LogP contribution in [0, 0.1) is 12.3 Å². The molecular weight excluding hydrogens is 827 g/mol. The van der Waals surface area contributed by atoms with Gasteiger partial charge in [0.25, 0.3) is 0 Å². The van der Waals surface area contributed by atoms with Crippen LogP contribution in [-0.2, 0) is 28.0 Å². The number of aromatic nitrogens is 3. The lowest BCUT2D eigenvalue weighted by molar-refractivity contribution is 0.411. The Morgan fingerprint density at radius 1 is 0.574 bits per heavy atom. The van der Waals surface area contributed by atoms with Gasteiger partial charge in [-0.25, -0.2) is 4.98 Å². The van der Waals surface area contributed by atoms with Crippen LogP contribution in [0.5, 0.6) is 5.75 Å². The number of aromatic hydroxyl groups is 1. The van der Waals surface area contributed by atoms with Crippen molar-refractivity contribution in [2.24, 2.45) is 5.41 Å². The zero-order chi connectivity index (χ0) is 57.9. The zero-order valence-corrected chi connectivity index (χ0v) is 42.6. The molecule has 8 rings (SSSR count). The summed E-state index contributed by atoms with van der Waals surface area (Å²) in [5.41, 5.74) is 8.17. The van der Waals surface area contributed by atoms with E-state index in [4.69, 9.17) is 20.9 Å². The van der Waals surface area contributed by atoms with Crippen LogP contribution in [0.3, 0.4) is 0 Å². The van der Waals surface area contributed by atoms with E-state index in [0.717, 1.165) is 38.9 Å². The van der Waals surface area contributed by atoms with Gasteiger partial charge in [0.2, 0.25) is 0 Å². The van der Waals surface area contributed by atoms with Crippen molar-refractivity contribution in [3.63, 3.8) is 0 Å². The smallest absolute Gasteiger partial charge is 0.149 e. The molecule has 0 radical (unpaired) electrons. The molecule has 0 bridgehead atoms. The maximum absolute atomic E-state index is 12.7. The molecule has 0 spiro atoms. The Hall–Kier alpha value is -6.26. The lowest BCUT2D eigenvalue weighted by atomic mass is 9.79. The number of benzene rings is 6. The minimum Gasteiger partial charge on any atom is -0.507 e. The van der Waals surface area contributed by atoms with E-state index in [0.29, 0.717) is 56.1 Å². The van der Waals surface area contributed by atoms with Crippen LogP contribution in [0.1, 0.15) is 151 Å². The lowest BCUT2D eigenvalue weighted by Gasteiger charge is -2.28. The number of nitrogens with zero attached hydrogens (tertiary/aromatic N) is 3. The fourth-order valence-electron chi connectivity index (χ4n) is 8.73. The quantitative estimate of drug-likeness (QED) is 0.173. The third kappa shape index (κ3) is 9.84. The van der Waals surface area contributed by atoms with Gasteiger partial charge in [-0.2, -0.15) is 0 Å². The summed E-state index contributed by atoms with van der Waals surface area (Å²) >= 11 is 0. The molecule has 0 fully saturated rings. The maximum atomic E-state index is 12.7. The SMILES string of the molecule is [2H]c1c([2H])c([2H])c(-c2cc(C(C)(C)C)ccc2-n2c(-c3cc(C(C)(C)C)cc(C(C)(C)C)c3O)nc3c(-c4cc(-c5cc(-c6ccc(C([2H])([2H])C(C)(C)C)cc6)c(C([2H])([2H])[2H])cn5)cc(C(C)(C)C)c4)cccc32)c([2H])c1[2H]. The third-order valence-corrected chi connectivity index (χ3v) is 12.6. The van der Waals surface area contributed by atoms with Gasteiger partial charge in [0.05, 0.1) is 34.8 Å². The Kier molecular flexibility index (Phi) is 9.38. The topological polar surface area (TPSA) is 50.9 Å². The van der Waals surface area contributed by atoms with Crippen LogP contribution < -0.4 is 0 Å². The normalized spacial score (nSPS) is 15.3. The average Bonchev–Trinajstić information content (AvgIpc) is 3.79. The third-order valence-electron chi connectivity index (χ3n) is 12.6. The number of phenolic OH excluding ortho intramolecular Hbond substituents is 1. The van der Waals surface area contributed by atoms with Gasteiger partial charge >= 0.3 is 0 Å². The molecule has 0 unspecified atom stereocenters. The van der Waals surface area contributed by atoms with E-state index < -0.39 is 47.6 Å². The molecule has 2 heterocycles. The minimum absolute atomic E-state index is 0.0368. The van der Waals surface area contributed by atoms with Gasteiger partial charge < -0.3 is 5.11 Å². The summed E-state index contributed by atoms with van der Waals surface area (Å²) in [4.78, 5) is 10.4. The van der Waals surface area contributed by atoms with Crippen LogP contribution in [0.25, 0.3) is 72.7 Å². The summed E-state index contributed by atoms with van der Waals surface area (Å²) in [5.74, 6) is 0.426. The van der Waals surface area contributed by atoms with Gasteiger partial charge in [0.15, 0.2) is 0 Å². The van der Waals surface area contributed by atoms with Gasteiger partial charge in [-0.3, -0.25) is 9.55 Å². The first-order chi connectivity index (χ1) is 35.7. The Morgan fingerprint density at radius 3 is 1.82 bits per heavy atom. The summed E-state index contributed by atoms with van der Waals surface area (Å²) in [6.45, 7) is 28.1. The fraction of sp³-hybridized carbons (Fsp3) is 0.344. The van der Waals surface area contributed by atoms with Crippen molar-refractivity contribution in [2.45, 2.75) is 139 Å². The van der Waals surface area contributed by atoms with Crippen LogP contribution in [0.15, 0.2) is 133 Å². The molecule has 8 aromatic rings. The first-order valence-corrected chi connectivity index (χ1v) is 23.6. The van der Waals surface area contributed by atoms with Crippen molar-refractivity contribution in [1.82, 2.24) is 14.5 Å². The standard InChI is InChI=1S/C64H73N3O/c1-40-39-65-54(37-50(40)43-27-25-41(26-28-43)38-60(2,3)4)45-31-44(32-47(33-45)62(8,9)10)49-23-20-24-56-57(49)66-59(52-35-48(63(11,12)13)36-53(58(52)68)64(14,15)16)67(56)55-30-29-46(61(5,6)7)34-51(55)42-21-18-17-19-22-42/h17-37,39,68H,38H2,1-16H3/i1D3,17D,18D,19D,21D,22D,38D2. The van der Waals surface area contributed by atoms with E-state index in [1.165, 1.54) is 6.20 Å². The highest BCUT2D eigenvalue weighted by Gasteiger charge is 2.30. The highest BCUT2D eigenvalue weighted by molar-refractivity contribution is 5.98. The van der Waals surface area contributed by atoms with E-state index in [2.05, 4.69) is 101 Å². The molecule has 68 heavy (non-hydrogen) atoms. The first-order valence-electron chi connectivity index (χ1n) is 28.6. The Bertz CT molecular complexity index is 3640. The van der Waals surface area contributed by atoms with E-state index in [1.54, 1.807) is 30.3 Å². The second-order valence-electron chi connectivity index (χ2n) is 23.5. The number of phenols is 1. The molecule has 0 saturated carbocycles. The number of pyridine rings is 1. The van der Waals surface area contributed by atoms with Gasteiger partial charge in [-0.1, -0.05) is 189 Å². The molecule has 6 aromatic carbocycles. The summed E-state index contributed by atoms with van der Waals surface area (Å²) in [5, 5.41) is 12.7. The van der Waals surface area contributed by atoms with Crippen LogP contribution in [0.2, 0.25) is 0 Å². The average molecular weight is 910 g/mol. The highest BCUT2D eigenvalue weighted by Crippen LogP contribution is 2.46. The van der Waals surface area contributed by atoms with Crippen LogP contribution >= 0.6 is 0 Å². The Labute approximate surface area is 421 Å². The Morgan fingerprint density at radius 2 is 1.21 bits per heavy atom. The molecular formula is C64H73N3O. The second kappa shape index (κ2) is 17.4. The predicted molar refractivity (Wildman–Crippen MR) is 290 cm³/mol. The molecule has 0 atom stereocenters. The lowest BCUT2D eigenvalue weighted by Crippen LogP contribution is -2.17. The van der Waals surface area contributed by atoms with Crippen molar-refractivity contribution >= 4 is 11.0 Å². The maximum Gasteiger partial charge on any atom is 0.149 e. The van der Waals surface area contributed by atoms with Crippen molar-refractivity contribution in [3.8, 4) is 67.5 Å². The van der Waals surface area contributed by atoms with Gasteiger partial charge in [0.1, 0.15) is 11.6 Å². The first kappa shape index (κ1) is 36.7. The molecule has 0 aliphatic heterocycles. The fourth-order valence-corrected chi connectivity index (χ4v) is 8.73. The number of rotatable bonds is 7. The van der Waals surface area contributed by atoms with E-state index >= 15 is 0 Å². The summed E-state index contributed by atoms with van der Waals surface area (Å²) in [6.07, 6.45) is -0.235. The number of imidazole rings is 1. The van der Waals surface area contributed by atoms with Crippen molar-refractivity contribution in [3.05, 3.63) is 167 Å². The number of hydrogen-bond acceptors (Lipinski definition) is 3. The predicted octanol–water partition coefficient (Wildman–Crippen LogP) is 17.5. The van der Waals surface area contributed by atoms with E-state index in [9.17, 15) is 7.85 Å². The molecule has 0 saturated heterocycles. The number of hydrogen-bond donors (Lipinski definition) is 1. The highest BCUT2D eigenvalue weighted by atomic mass is 16.3. The molecule has 0 aliphatic rings. The largest absolute Gasteiger partial charge is 0.507 e. The van der Waals surface area contributed by atoms with Crippen molar-refractivity contribution < 1.29 is 18.8 Å². The Balaban J connectivity index is 1.48. The molecule has 350 valence electrons. The van der Waals surface area contributed by atoms with Crippen LogP contribution in [0.4, 0.5) is 0 Å². The number of aryl methyl sites for hydroxylation is 1. The monoisotopic (exact) mass is 910 g/mol. The molecule has 0 amide bonds. The number of para-hydroxylation sites is 1. The molecule has 2 aromatic heterocycles. The summed E-state index contributed by atoms with van der Waals surface area (Å²) in [6, 6.07) is 28.7. The minimum atomic E-state index is -2.51. The number of fused-ring (bicyclic) bond motifs is 1. The van der Waals surface area contributed by atoms with Crippen molar-refractivity contribution in [1.29, 1.82) is 0 Å². The molecule has 4 nitrogen and oxygen atoms in total. The van der Waals surface area contributed by atoms with Gasteiger partial charge in [-0.05, 0) is 133 Å². The zero-order valence-electron chi connectivity index (χ0n) is 52.6. The van der Waals surface area contributed by atoms with Crippen LogP contribution in [-0.4, -0.2) is 19.6 Å². The summed E-state index contributed by atoms with van der Waals surface area (Å²) in [7, 11) is 0.